The van der Waals surface area contributed by atoms with Gasteiger partial charge in [0, 0.05) is 36.4 Å². The minimum atomic E-state index is -0.0348. The highest BCUT2D eigenvalue weighted by Gasteiger charge is 2.05. The first kappa shape index (κ1) is 19.1. The number of aliphatic imine (C=N–C) groups is 1. The molecule has 0 aliphatic heterocycles. The molecule has 1 unspecified atom stereocenters. The quantitative estimate of drug-likeness (QED) is 0.560. The van der Waals surface area contributed by atoms with Crippen molar-refractivity contribution in [3.8, 4) is 5.75 Å². The SMILES string of the molecule is CCNC(=NCC(C)Oc1ccc(Cl)cc1)NCCc1ccccn1. The number of nitrogens with one attached hydrogen (secondary N) is 2. The number of pyridine rings is 1. The standard InChI is InChI=1S/C19H25ClN4O/c1-3-21-19(23-13-11-17-6-4-5-12-22-17)24-14-15(2)25-18-9-7-16(20)8-10-18/h4-10,12,15H,3,11,13-14H2,1-2H3,(H2,21,23,24). The number of hydrogen-bond donors (Lipinski definition) is 2. The Labute approximate surface area is 154 Å². The molecule has 2 N–H and O–H groups in total. The number of rotatable bonds is 8. The Morgan fingerprint density at radius 2 is 2.00 bits per heavy atom. The van der Waals surface area contributed by atoms with Crippen LogP contribution < -0.4 is 15.4 Å². The van der Waals surface area contributed by atoms with Crippen LogP contribution in [0.2, 0.25) is 5.02 Å². The molecule has 1 aromatic heterocycles. The fourth-order valence-corrected chi connectivity index (χ4v) is 2.33. The lowest BCUT2D eigenvalue weighted by molar-refractivity contribution is 0.230. The second-order valence-electron chi connectivity index (χ2n) is 5.60. The molecule has 0 saturated carbocycles. The predicted molar refractivity (Wildman–Crippen MR) is 103 cm³/mol. The molecule has 0 fully saturated rings. The van der Waals surface area contributed by atoms with Gasteiger partial charge in [-0.05, 0) is 50.2 Å². The van der Waals surface area contributed by atoms with Crippen molar-refractivity contribution in [3.63, 3.8) is 0 Å². The summed E-state index contributed by atoms with van der Waals surface area (Å²) >= 11 is 5.88. The molecular formula is C19H25ClN4O. The first-order valence-corrected chi connectivity index (χ1v) is 8.89. The van der Waals surface area contributed by atoms with Crippen molar-refractivity contribution in [3.05, 3.63) is 59.4 Å². The fraction of sp³-hybridized carbons (Fsp3) is 0.368. The van der Waals surface area contributed by atoms with E-state index in [-0.39, 0.29) is 6.10 Å². The summed E-state index contributed by atoms with van der Waals surface area (Å²) in [6, 6.07) is 13.3. The molecule has 0 bridgehead atoms. The van der Waals surface area contributed by atoms with Gasteiger partial charge in [0.2, 0.25) is 0 Å². The van der Waals surface area contributed by atoms with E-state index in [1.165, 1.54) is 0 Å². The number of halogens is 1. The molecule has 6 heteroatoms. The number of benzene rings is 1. The van der Waals surface area contributed by atoms with E-state index >= 15 is 0 Å². The Bertz CT molecular complexity index is 646. The van der Waals surface area contributed by atoms with Gasteiger partial charge < -0.3 is 15.4 Å². The van der Waals surface area contributed by atoms with E-state index in [1.807, 2.05) is 62.5 Å². The van der Waals surface area contributed by atoms with E-state index in [0.29, 0.717) is 11.6 Å². The van der Waals surface area contributed by atoms with Crippen LogP contribution >= 0.6 is 11.6 Å². The normalized spacial score (nSPS) is 12.5. The van der Waals surface area contributed by atoms with E-state index in [4.69, 9.17) is 16.3 Å². The summed E-state index contributed by atoms with van der Waals surface area (Å²) < 4.78 is 5.84. The van der Waals surface area contributed by atoms with Crippen molar-refractivity contribution in [2.45, 2.75) is 26.4 Å². The van der Waals surface area contributed by atoms with Gasteiger partial charge in [-0.1, -0.05) is 17.7 Å². The van der Waals surface area contributed by atoms with Gasteiger partial charge in [0.05, 0.1) is 6.54 Å². The smallest absolute Gasteiger partial charge is 0.191 e. The highest BCUT2D eigenvalue weighted by atomic mass is 35.5. The molecule has 2 aromatic rings. The van der Waals surface area contributed by atoms with E-state index in [1.54, 1.807) is 0 Å². The highest BCUT2D eigenvalue weighted by Crippen LogP contribution is 2.16. The lowest BCUT2D eigenvalue weighted by Crippen LogP contribution is -2.39. The van der Waals surface area contributed by atoms with Gasteiger partial charge in [-0.25, -0.2) is 4.99 Å². The third kappa shape index (κ3) is 7.44. The maximum absolute atomic E-state index is 5.88. The van der Waals surface area contributed by atoms with Gasteiger partial charge in [-0.15, -0.1) is 0 Å². The minimum absolute atomic E-state index is 0.0348. The third-order valence-corrected chi connectivity index (χ3v) is 3.65. The maximum atomic E-state index is 5.88. The number of ether oxygens (including phenoxy) is 1. The summed E-state index contributed by atoms with van der Waals surface area (Å²) in [5.41, 5.74) is 1.06. The van der Waals surface area contributed by atoms with Crippen LogP contribution in [0.4, 0.5) is 0 Å². The second kappa shape index (κ2) is 10.6. The summed E-state index contributed by atoms with van der Waals surface area (Å²) in [4.78, 5) is 8.90. The van der Waals surface area contributed by atoms with Gasteiger partial charge in [0.25, 0.3) is 0 Å². The van der Waals surface area contributed by atoms with Gasteiger partial charge in [0.15, 0.2) is 5.96 Å². The first-order valence-electron chi connectivity index (χ1n) is 8.51. The maximum Gasteiger partial charge on any atom is 0.191 e. The van der Waals surface area contributed by atoms with E-state index in [9.17, 15) is 0 Å². The van der Waals surface area contributed by atoms with E-state index < -0.39 is 0 Å². The van der Waals surface area contributed by atoms with Crippen LogP contribution in [0.15, 0.2) is 53.7 Å². The van der Waals surface area contributed by atoms with Crippen molar-refractivity contribution in [2.75, 3.05) is 19.6 Å². The van der Waals surface area contributed by atoms with Gasteiger partial charge in [-0.3, -0.25) is 4.98 Å². The van der Waals surface area contributed by atoms with Crippen LogP contribution in [-0.4, -0.2) is 36.7 Å². The third-order valence-electron chi connectivity index (χ3n) is 3.40. The molecular weight excluding hydrogens is 336 g/mol. The zero-order valence-corrected chi connectivity index (χ0v) is 15.5. The molecule has 0 aliphatic rings. The number of hydrogen-bond acceptors (Lipinski definition) is 3. The zero-order valence-electron chi connectivity index (χ0n) is 14.7. The molecule has 0 spiro atoms. The van der Waals surface area contributed by atoms with Gasteiger partial charge in [0.1, 0.15) is 11.9 Å². The molecule has 1 atom stereocenters. The first-order chi connectivity index (χ1) is 12.2. The van der Waals surface area contributed by atoms with Gasteiger partial charge in [-0.2, -0.15) is 0 Å². The van der Waals surface area contributed by atoms with Crippen LogP contribution in [0.1, 0.15) is 19.5 Å². The topological polar surface area (TPSA) is 58.5 Å². The average molecular weight is 361 g/mol. The van der Waals surface area contributed by atoms with Crippen LogP contribution in [-0.2, 0) is 6.42 Å². The lowest BCUT2D eigenvalue weighted by atomic mass is 10.3. The molecule has 1 heterocycles. The molecule has 0 aliphatic carbocycles. The Balaban J connectivity index is 1.80. The summed E-state index contributed by atoms with van der Waals surface area (Å²) in [7, 11) is 0. The van der Waals surface area contributed by atoms with Crippen LogP contribution in [0.3, 0.4) is 0 Å². The van der Waals surface area contributed by atoms with E-state index in [2.05, 4.69) is 20.6 Å². The van der Waals surface area contributed by atoms with E-state index in [0.717, 1.165) is 36.9 Å². The summed E-state index contributed by atoms with van der Waals surface area (Å²) in [5.74, 6) is 1.57. The molecule has 0 amide bonds. The molecule has 2 rings (SSSR count). The van der Waals surface area contributed by atoms with Crippen molar-refractivity contribution in [1.29, 1.82) is 0 Å². The van der Waals surface area contributed by atoms with Crippen LogP contribution in [0.5, 0.6) is 5.75 Å². The Kier molecular flexibility index (Phi) is 8.05. The monoisotopic (exact) mass is 360 g/mol. The molecule has 134 valence electrons. The Hall–Kier alpha value is -2.27. The van der Waals surface area contributed by atoms with Gasteiger partial charge >= 0.3 is 0 Å². The van der Waals surface area contributed by atoms with Crippen LogP contribution in [0.25, 0.3) is 0 Å². The number of aromatic nitrogens is 1. The molecule has 0 radical (unpaired) electrons. The highest BCUT2D eigenvalue weighted by molar-refractivity contribution is 6.30. The minimum Gasteiger partial charge on any atom is -0.489 e. The van der Waals surface area contributed by atoms with Crippen molar-refractivity contribution >= 4 is 17.6 Å². The zero-order chi connectivity index (χ0) is 17.9. The number of guanidine groups is 1. The second-order valence-corrected chi connectivity index (χ2v) is 6.04. The van der Waals surface area contributed by atoms with Crippen molar-refractivity contribution in [2.24, 2.45) is 4.99 Å². The molecule has 0 saturated heterocycles. The van der Waals surface area contributed by atoms with Crippen molar-refractivity contribution in [1.82, 2.24) is 15.6 Å². The molecule has 25 heavy (non-hydrogen) atoms. The number of nitrogens with zero attached hydrogens (tertiary/aromatic N) is 2. The summed E-state index contributed by atoms with van der Waals surface area (Å²) in [5, 5.41) is 7.26. The Morgan fingerprint density at radius 1 is 1.20 bits per heavy atom. The summed E-state index contributed by atoms with van der Waals surface area (Å²) in [6.45, 7) is 6.18. The Morgan fingerprint density at radius 3 is 2.68 bits per heavy atom. The lowest BCUT2D eigenvalue weighted by Gasteiger charge is -2.15. The predicted octanol–water partition coefficient (Wildman–Crippen LogP) is 3.30. The molecule has 1 aromatic carbocycles. The van der Waals surface area contributed by atoms with Crippen LogP contribution in [0, 0.1) is 0 Å². The van der Waals surface area contributed by atoms with Crippen molar-refractivity contribution < 1.29 is 4.74 Å². The largest absolute Gasteiger partial charge is 0.489 e. The molecule has 5 nitrogen and oxygen atoms in total. The summed E-state index contributed by atoms with van der Waals surface area (Å²) in [6.07, 6.45) is 2.62. The fourth-order valence-electron chi connectivity index (χ4n) is 2.20. The average Bonchev–Trinajstić information content (AvgIpc) is 2.62.